The number of amides is 1. The van der Waals surface area contributed by atoms with Crippen molar-refractivity contribution in [2.45, 2.75) is 43.9 Å². The Balaban J connectivity index is 1.55. The highest BCUT2D eigenvalue weighted by molar-refractivity contribution is 7.88. The van der Waals surface area contributed by atoms with Crippen LogP contribution < -0.4 is 15.6 Å². The third kappa shape index (κ3) is 3.64. The van der Waals surface area contributed by atoms with Crippen molar-refractivity contribution < 1.29 is 23.1 Å². The van der Waals surface area contributed by atoms with Gasteiger partial charge in [-0.25, -0.2) is 8.42 Å². The maximum atomic E-state index is 13.4. The fourth-order valence-electron chi connectivity index (χ4n) is 5.64. The summed E-state index contributed by atoms with van der Waals surface area (Å²) in [6.45, 7) is -0.0999. The van der Waals surface area contributed by atoms with E-state index in [0.717, 1.165) is 31.1 Å². The molecule has 10 heteroatoms. The summed E-state index contributed by atoms with van der Waals surface area (Å²) < 4.78 is 33.9. The lowest BCUT2D eigenvalue weighted by atomic mass is 9.87. The molecule has 2 aliphatic heterocycles. The van der Waals surface area contributed by atoms with Gasteiger partial charge in [0.15, 0.2) is 0 Å². The Morgan fingerprint density at radius 2 is 1.88 bits per heavy atom. The number of ether oxygens (including phenoxy) is 1. The Hall–Kier alpha value is -2.69. The van der Waals surface area contributed by atoms with E-state index >= 15 is 0 Å². The fourth-order valence-corrected chi connectivity index (χ4v) is 6.98. The number of sulfonamides is 1. The Bertz CT molecular complexity index is 1270. The lowest BCUT2D eigenvalue weighted by molar-refractivity contribution is -0.127. The molecule has 0 unspecified atom stereocenters. The second-order valence-corrected chi connectivity index (χ2v) is 11.3. The summed E-state index contributed by atoms with van der Waals surface area (Å²) in [6.07, 6.45) is 3.87. The average Bonchev–Trinajstić information content (AvgIpc) is 3.31. The number of aliphatic hydroxyl groups is 1. The topological polar surface area (TPSA) is 118 Å². The van der Waals surface area contributed by atoms with Gasteiger partial charge in [0.25, 0.3) is 5.56 Å². The molecule has 4 atom stereocenters. The van der Waals surface area contributed by atoms with Crippen LogP contribution in [0.1, 0.15) is 31.0 Å². The number of rotatable bonds is 6. The van der Waals surface area contributed by atoms with Crippen LogP contribution in [0.15, 0.2) is 41.2 Å². The highest BCUT2D eigenvalue weighted by Gasteiger charge is 2.59. The number of hydrogen-bond acceptors (Lipinski definition) is 6. The van der Waals surface area contributed by atoms with Crippen molar-refractivity contribution in [3.05, 3.63) is 52.4 Å². The lowest BCUT2D eigenvalue weighted by Gasteiger charge is -2.32. The van der Waals surface area contributed by atoms with Crippen LogP contribution in [0.4, 0.5) is 0 Å². The molecule has 1 aromatic carbocycles. The number of aromatic nitrogens is 1. The molecule has 2 N–H and O–H groups in total. The summed E-state index contributed by atoms with van der Waals surface area (Å²) in [7, 11) is -2.24. The Morgan fingerprint density at radius 1 is 1.18 bits per heavy atom. The third-order valence-corrected chi connectivity index (χ3v) is 8.75. The zero-order valence-corrected chi connectivity index (χ0v) is 20.0. The standard InChI is InChI=1S/C24H29N3O6S/c1-33-16-8-6-14(7-9-16)17-10-11-20-21-18(12-26(20)24(17)30)19(13-28)22(27(21)34(2,31)32)23(29)25-15-4-3-5-15/h6-11,15,18-19,21-22,28H,3-5,12-13H2,1-2H3,(H,25,29)/t18-,19-,21+,22-/m0/s1. The van der Waals surface area contributed by atoms with Crippen LogP contribution in [0, 0.1) is 11.8 Å². The van der Waals surface area contributed by atoms with Gasteiger partial charge < -0.3 is 19.7 Å². The summed E-state index contributed by atoms with van der Waals surface area (Å²) in [5.41, 5.74) is 1.56. The van der Waals surface area contributed by atoms with Crippen molar-refractivity contribution >= 4 is 15.9 Å². The van der Waals surface area contributed by atoms with Crippen molar-refractivity contribution in [3.63, 3.8) is 0 Å². The zero-order valence-electron chi connectivity index (χ0n) is 19.2. The Labute approximate surface area is 198 Å². The molecule has 3 heterocycles. The maximum absolute atomic E-state index is 13.4. The molecule has 182 valence electrons. The van der Waals surface area contributed by atoms with E-state index in [2.05, 4.69) is 5.32 Å². The summed E-state index contributed by atoms with van der Waals surface area (Å²) in [4.78, 5) is 26.6. The molecular weight excluding hydrogens is 458 g/mol. The molecule has 0 bridgehead atoms. The molecule has 1 aromatic heterocycles. The number of benzene rings is 1. The van der Waals surface area contributed by atoms with E-state index in [1.54, 1.807) is 48.1 Å². The fraction of sp³-hybridized carbons (Fsp3) is 0.500. The number of methoxy groups -OCH3 is 1. The summed E-state index contributed by atoms with van der Waals surface area (Å²) in [6, 6.07) is 9.01. The molecule has 3 aliphatic rings. The first-order chi connectivity index (χ1) is 16.2. The predicted molar refractivity (Wildman–Crippen MR) is 126 cm³/mol. The quantitative estimate of drug-likeness (QED) is 0.631. The number of aliphatic hydroxyl groups excluding tert-OH is 1. The number of pyridine rings is 1. The van der Waals surface area contributed by atoms with Gasteiger partial charge in [0, 0.05) is 42.3 Å². The lowest BCUT2D eigenvalue weighted by Crippen LogP contribution is -2.53. The van der Waals surface area contributed by atoms with Crippen LogP contribution in [-0.2, 0) is 21.4 Å². The number of nitrogens with zero attached hydrogens (tertiary/aromatic N) is 2. The van der Waals surface area contributed by atoms with Crippen LogP contribution in [0.5, 0.6) is 5.75 Å². The van der Waals surface area contributed by atoms with Crippen molar-refractivity contribution in [2.24, 2.45) is 11.8 Å². The Kier molecular flexibility index (Phi) is 5.78. The number of nitrogens with one attached hydrogen (secondary N) is 1. The van der Waals surface area contributed by atoms with E-state index in [1.165, 1.54) is 4.31 Å². The molecule has 1 aliphatic carbocycles. The second-order valence-electron chi connectivity index (χ2n) is 9.45. The van der Waals surface area contributed by atoms with Gasteiger partial charge in [0.2, 0.25) is 15.9 Å². The minimum absolute atomic E-state index is 0.0515. The first-order valence-corrected chi connectivity index (χ1v) is 13.4. The van der Waals surface area contributed by atoms with E-state index in [9.17, 15) is 23.1 Å². The molecule has 5 rings (SSSR count). The minimum atomic E-state index is -3.81. The smallest absolute Gasteiger partial charge is 0.258 e. The third-order valence-electron chi connectivity index (χ3n) is 7.53. The minimum Gasteiger partial charge on any atom is -0.497 e. The SMILES string of the molecule is COc1ccc(-c2ccc3n(c2=O)C[C@H]2[C@H](CO)[C@@H](C(=O)NC4CCC4)N(S(C)(=O)=O)[C@@H]32)cc1. The average molecular weight is 488 g/mol. The Morgan fingerprint density at radius 3 is 2.44 bits per heavy atom. The largest absolute Gasteiger partial charge is 0.497 e. The van der Waals surface area contributed by atoms with E-state index < -0.39 is 28.0 Å². The number of carbonyl (C=O) groups excluding carboxylic acids is 1. The first-order valence-electron chi connectivity index (χ1n) is 11.5. The molecule has 34 heavy (non-hydrogen) atoms. The van der Waals surface area contributed by atoms with Gasteiger partial charge in [0.05, 0.1) is 19.4 Å². The molecule has 2 fully saturated rings. The van der Waals surface area contributed by atoms with E-state index in [4.69, 9.17) is 4.74 Å². The van der Waals surface area contributed by atoms with Gasteiger partial charge in [-0.1, -0.05) is 12.1 Å². The maximum Gasteiger partial charge on any atom is 0.258 e. The van der Waals surface area contributed by atoms with Crippen LogP contribution in [-0.4, -0.2) is 60.4 Å². The van der Waals surface area contributed by atoms with Crippen molar-refractivity contribution in [3.8, 4) is 16.9 Å². The monoisotopic (exact) mass is 487 g/mol. The molecule has 1 amide bonds. The highest BCUT2D eigenvalue weighted by atomic mass is 32.2. The number of hydrogen-bond donors (Lipinski definition) is 2. The first kappa shape index (κ1) is 23.1. The summed E-state index contributed by atoms with van der Waals surface area (Å²) in [5, 5.41) is 13.2. The molecule has 1 saturated carbocycles. The number of fused-ring (bicyclic) bond motifs is 3. The van der Waals surface area contributed by atoms with E-state index in [1.807, 2.05) is 0 Å². The van der Waals surface area contributed by atoms with Crippen LogP contribution in [0.2, 0.25) is 0 Å². The number of carbonyl (C=O) groups is 1. The molecule has 0 radical (unpaired) electrons. The molecule has 9 nitrogen and oxygen atoms in total. The van der Waals surface area contributed by atoms with Crippen LogP contribution in [0.3, 0.4) is 0 Å². The van der Waals surface area contributed by atoms with Crippen molar-refractivity contribution in [1.82, 2.24) is 14.2 Å². The van der Waals surface area contributed by atoms with Crippen LogP contribution in [0.25, 0.3) is 11.1 Å². The van der Waals surface area contributed by atoms with Gasteiger partial charge >= 0.3 is 0 Å². The molecular formula is C24H29N3O6S. The molecule has 2 aromatic rings. The van der Waals surface area contributed by atoms with Gasteiger partial charge in [-0.15, -0.1) is 0 Å². The van der Waals surface area contributed by atoms with Crippen LogP contribution >= 0.6 is 0 Å². The summed E-state index contributed by atoms with van der Waals surface area (Å²) >= 11 is 0. The van der Waals surface area contributed by atoms with E-state index in [-0.39, 0.29) is 36.6 Å². The predicted octanol–water partition coefficient (Wildman–Crippen LogP) is 1.12. The van der Waals surface area contributed by atoms with Gasteiger partial charge in [0.1, 0.15) is 11.8 Å². The molecule has 1 saturated heterocycles. The molecule has 0 spiro atoms. The van der Waals surface area contributed by atoms with Gasteiger partial charge in [-0.3, -0.25) is 9.59 Å². The highest BCUT2D eigenvalue weighted by Crippen LogP contribution is 2.50. The van der Waals surface area contributed by atoms with E-state index in [0.29, 0.717) is 17.0 Å². The van der Waals surface area contributed by atoms with Crippen molar-refractivity contribution in [2.75, 3.05) is 20.0 Å². The van der Waals surface area contributed by atoms with Gasteiger partial charge in [-0.2, -0.15) is 4.31 Å². The summed E-state index contributed by atoms with van der Waals surface area (Å²) in [5.74, 6) is -0.674. The van der Waals surface area contributed by atoms with Crippen molar-refractivity contribution in [1.29, 1.82) is 0 Å². The van der Waals surface area contributed by atoms with Gasteiger partial charge in [-0.05, 0) is 49.1 Å². The zero-order chi connectivity index (χ0) is 24.2. The normalized spacial score (nSPS) is 26.6. The second kappa shape index (κ2) is 8.51.